The van der Waals surface area contributed by atoms with E-state index in [1.807, 2.05) is 0 Å². The van der Waals surface area contributed by atoms with Gasteiger partial charge >= 0.3 is 11.9 Å². The van der Waals surface area contributed by atoms with E-state index >= 15 is 0 Å². The number of carbonyl (C=O) groups is 1. The van der Waals surface area contributed by atoms with Gasteiger partial charge in [-0.3, -0.25) is 9.36 Å². The van der Waals surface area contributed by atoms with Gasteiger partial charge in [-0.15, -0.1) is 5.10 Å². The molecule has 0 saturated heterocycles. The van der Waals surface area contributed by atoms with Gasteiger partial charge in [0.05, 0.1) is 5.56 Å². The third-order valence-corrected chi connectivity index (χ3v) is 5.17. The van der Waals surface area contributed by atoms with Gasteiger partial charge in [0.15, 0.2) is 5.82 Å². The molecule has 2 aromatic carbocycles. The highest BCUT2D eigenvalue weighted by Crippen LogP contribution is 2.36. The lowest BCUT2D eigenvalue weighted by Crippen LogP contribution is -2.33. The summed E-state index contributed by atoms with van der Waals surface area (Å²) in [5, 5.41) is 7.42. The molecule has 31 heavy (non-hydrogen) atoms. The van der Waals surface area contributed by atoms with Crippen molar-refractivity contribution in [2.45, 2.75) is 38.1 Å². The number of aromatic nitrogens is 3. The molecule has 0 radical (unpaired) electrons. The van der Waals surface area contributed by atoms with Crippen molar-refractivity contribution in [3.05, 3.63) is 75.2 Å². The summed E-state index contributed by atoms with van der Waals surface area (Å²) in [6, 6.07) is 11.6. The summed E-state index contributed by atoms with van der Waals surface area (Å²) < 4.78 is 41.1. The van der Waals surface area contributed by atoms with Crippen LogP contribution in [0.2, 0.25) is 5.02 Å². The van der Waals surface area contributed by atoms with Crippen LogP contribution in [0.5, 0.6) is 0 Å². The molecule has 1 fully saturated rings. The quantitative estimate of drug-likeness (QED) is 0.616. The molecule has 0 bridgehead atoms. The molecule has 1 aromatic heterocycles. The molecule has 1 saturated carbocycles. The highest BCUT2D eigenvalue weighted by atomic mass is 35.5. The Bertz CT molecular complexity index is 1160. The van der Waals surface area contributed by atoms with Crippen molar-refractivity contribution in [1.82, 2.24) is 19.7 Å². The Hall–Kier alpha value is -3.07. The summed E-state index contributed by atoms with van der Waals surface area (Å²) in [5.41, 5.74) is -0.176. The van der Waals surface area contributed by atoms with Gasteiger partial charge in [0.25, 0.3) is 0 Å². The maximum absolute atomic E-state index is 12.8. The standard InChI is InChI=1S/C21H18ClF3N4O2/c22-16-6-4-14(5-7-16)19-27-28(20(31)29(19)17-8-9-17)12-18(30)26-11-13-2-1-3-15(10-13)21(23,24)25/h1-7,10,17H,8-9,11-12H2,(H,26,30). The molecule has 4 rings (SSSR count). The average molecular weight is 451 g/mol. The minimum atomic E-state index is -4.46. The fourth-order valence-electron chi connectivity index (χ4n) is 3.23. The number of alkyl halides is 3. The second-order valence-electron chi connectivity index (χ2n) is 7.35. The van der Waals surface area contributed by atoms with Crippen LogP contribution in [0.15, 0.2) is 53.3 Å². The van der Waals surface area contributed by atoms with E-state index in [1.54, 1.807) is 28.8 Å². The first kappa shape index (κ1) is 21.2. The number of rotatable bonds is 6. The van der Waals surface area contributed by atoms with Crippen molar-refractivity contribution in [2.75, 3.05) is 0 Å². The second kappa shape index (κ2) is 8.22. The van der Waals surface area contributed by atoms with Crippen molar-refractivity contribution >= 4 is 17.5 Å². The number of hydrogen-bond acceptors (Lipinski definition) is 3. The fraction of sp³-hybridized carbons (Fsp3) is 0.286. The Morgan fingerprint density at radius 1 is 1.16 bits per heavy atom. The lowest BCUT2D eigenvalue weighted by Gasteiger charge is -2.09. The van der Waals surface area contributed by atoms with Crippen molar-refractivity contribution in [3.63, 3.8) is 0 Å². The molecule has 0 unspecified atom stereocenters. The number of carbonyl (C=O) groups excluding carboxylic acids is 1. The number of nitrogens with zero attached hydrogens (tertiary/aromatic N) is 3. The van der Waals surface area contributed by atoms with Crippen molar-refractivity contribution in [1.29, 1.82) is 0 Å². The summed E-state index contributed by atoms with van der Waals surface area (Å²) in [6.07, 6.45) is -2.75. The van der Waals surface area contributed by atoms with Crippen molar-refractivity contribution in [2.24, 2.45) is 0 Å². The van der Waals surface area contributed by atoms with E-state index in [0.29, 0.717) is 22.0 Å². The van der Waals surface area contributed by atoms with E-state index in [9.17, 15) is 22.8 Å². The van der Waals surface area contributed by atoms with E-state index in [-0.39, 0.29) is 19.1 Å². The van der Waals surface area contributed by atoms with Crippen molar-refractivity contribution < 1.29 is 18.0 Å². The normalized spacial score (nSPS) is 13.9. The molecule has 0 atom stereocenters. The van der Waals surface area contributed by atoms with Gasteiger partial charge in [-0.25, -0.2) is 9.48 Å². The third kappa shape index (κ3) is 4.82. The van der Waals surface area contributed by atoms with Gasteiger partial charge in [0.1, 0.15) is 6.54 Å². The molecule has 6 nitrogen and oxygen atoms in total. The van der Waals surface area contributed by atoms with E-state index in [4.69, 9.17) is 11.6 Å². The topological polar surface area (TPSA) is 68.9 Å². The lowest BCUT2D eigenvalue weighted by molar-refractivity contribution is -0.137. The van der Waals surface area contributed by atoms with Gasteiger partial charge in [0.2, 0.25) is 5.91 Å². The summed E-state index contributed by atoms with van der Waals surface area (Å²) in [7, 11) is 0. The van der Waals surface area contributed by atoms with Crippen LogP contribution in [-0.4, -0.2) is 20.3 Å². The molecule has 162 valence electrons. The number of halogens is 4. The number of amides is 1. The maximum Gasteiger partial charge on any atom is 0.416 e. The minimum absolute atomic E-state index is 0.0418. The maximum atomic E-state index is 12.8. The molecule has 1 aliphatic rings. The second-order valence-corrected chi connectivity index (χ2v) is 7.78. The molecule has 0 aliphatic heterocycles. The van der Waals surface area contributed by atoms with Crippen LogP contribution < -0.4 is 11.0 Å². The zero-order valence-electron chi connectivity index (χ0n) is 16.2. The SMILES string of the molecule is O=C(Cn1nc(-c2ccc(Cl)cc2)n(C2CC2)c1=O)NCc1cccc(C(F)(F)F)c1. The monoisotopic (exact) mass is 450 g/mol. The number of nitrogens with one attached hydrogen (secondary N) is 1. The summed E-state index contributed by atoms with van der Waals surface area (Å²) >= 11 is 5.93. The predicted octanol–water partition coefficient (Wildman–Crippen LogP) is 4.04. The van der Waals surface area contributed by atoms with Crippen LogP contribution in [0, 0.1) is 0 Å². The molecule has 1 aliphatic carbocycles. The Labute approximate surface area is 180 Å². The predicted molar refractivity (Wildman–Crippen MR) is 108 cm³/mol. The molecule has 3 aromatic rings. The van der Waals surface area contributed by atoms with Crippen LogP contribution in [0.4, 0.5) is 13.2 Å². The Balaban J connectivity index is 1.49. The van der Waals surface area contributed by atoms with E-state index in [2.05, 4.69) is 10.4 Å². The molecule has 1 amide bonds. The Kier molecular flexibility index (Phi) is 5.62. The van der Waals surface area contributed by atoms with Gasteiger partial charge < -0.3 is 5.32 Å². The average Bonchev–Trinajstić information content (AvgIpc) is 3.51. The highest BCUT2D eigenvalue weighted by Gasteiger charge is 2.31. The minimum Gasteiger partial charge on any atom is -0.350 e. The van der Waals surface area contributed by atoms with Gasteiger partial charge in [-0.1, -0.05) is 23.7 Å². The van der Waals surface area contributed by atoms with E-state index in [1.165, 1.54) is 12.1 Å². The van der Waals surface area contributed by atoms with E-state index < -0.39 is 23.3 Å². The molecule has 10 heteroatoms. The summed E-state index contributed by atoms with van der Waals surface area (Å²) in [5.74, 6) is -0.0718. The van der Waals surface area contributed by atoms with Gasteiger partial charge in [-0.05, 0) is 54.8 Å². The van der Waals surface area contributed by atoms with Gasteiger partial charge in [-0.2, -0.15) is 13.2 Å². The zero-order chi connectivity index (χ0) is 22.2. The third-order valence-electron chi connectivity index (χ3n) is 4.92. The molecule has 1 N–H and O–H groups in total. The first-order chi connectivity index (χ1) is 14.7. The van der Waals surface area contributed by atoms with Gasteiger partial charge in [0, 0.05) is 23.2 Å². The van der Waals surface area contributed by atoms with Crippen LogP contribution in [-0.2, 0) is 24.1 Å². The summed E-state index contributed by atoms with van der Waals surface area (Å²) in [6.45, 7) is -0.428. The first-order valence-electron chi connectivity index (χ1n) is 9.60. The number of hydrogen-bond donors (Lipinski definition) is 1. The van der Waals surface area contributed by atoms with Crippen LogP contribution in [0.1, 0.15) is 30.0 Å². The first-order valence-corrected chi connectivity index (χ1v) is 9.98. The Morgan fingerprint density at radius 2 is 1.87 bits per heavy atom. The van der Waals surface area contributed by atoms with Crippen LogP contribution in [0.3, 0.4) is 0 Å². The van der Waals surface area contributed by atoms with Crippen molar-refractivity contribution in [3.8, 4) is 11.4 Å². The molecular formula is C21H18ClF3N4O2. The fourth-order valence-corrected chi connectivity index (χ4v) is 3.36. The summed E-state index contributed by atoms with van der Waals surface area (Å²) in [4.78, 5) is 25.2. The largest absolute Gasteiger partial charge is 0.416 e. The van der Waals surface area contributed by atoms with Crippen LogP contribution in [0.25, 0.3) is 11.4 Å². The van der Waals surface area contributed by atoms with E-state index in [0.717, 1.165) is 29.7 Å². The van der Waals surface area contributed by atoms with Crippen LogP contribution >= 0.6 is 11.6 Å². The molecule has 1 heterocycles. The highest BCUT2D eigenvalue weighted by molar-refractivity contribution is 6.30. The molecule has 0 spiro atoms. The lowest BCUT2D eigenvalue weighted by atomic mass is 10.1. The molecular weight excluding hydrogens is 433 g/mol. The smallest absolute Gasteiger partial charge is 0.350 e. The zero-order valence-corrected chi connectivity index (χ0v) is 17.0. The Morgan fingerprint density at radius 3 is 2.52 bits per heavy atom. The number of benzene rings is 2.